The molecule has 0 saturated carbocycles. The van der Waals surface area contributed by atoms with Crippen molar-refractivity contribution in [2.24, 2.45) is 0 Å². The number of hydrogen-bond donors (Lipinski definition) is 0. The highest BCUT2D eigenvalue weighted by atomic mass is 127. The number of aromatic nitrogens is 1. The minimum absolute atomic E-state index is 0.674. The Kier molecular flexibility index (Phi) is 2.92. The molecule has 1 aromatic rings. The molecule has 0 aliphatic heterocycles. The fraction of sp³-hybridized carbons (Fsp3) is 0.286. The highest BCUT2D eigenvalue weighted by Crippen LogP contribution is 2.08. The van der Waals surface area contributed by atoms with Gasteiger partial charge in [0.1, 0.15) is 3.70 Å². The van der Waals surface area contributed by atoms with Crippen molar-refractivity contribution in [3.63, 3.8) is 0 Å². The van der Waals surface area contributed by atoms with E-state index in [1.54, 1.807) is 0 Å². The minimum atomic E-state index is 0.674. The maximum absolute atomic E-state index is 5.17. The number of nitrogens with zero attached hydrogens (tertiary/aromatic N) is 1. The van der Waals surface area contributed by atoms with Crippen molar-refractivity contribution in [3.05, 3.63) is 21.9 Å². The monoisotopic (exact) mass is 249 g/mol. The zero-order valence-electron chi connectivity index (χ0n) is 5.67. The SMILES string of the molecule is CCOc1cccc(I)n1. The third-order valence-corrected chi connectivity index (χ3v) is 1.58. The summed E-state index contributed by atoms with van der Waals surface area (Å²) in [4.78, 5) is 4.13. The smallest absolute Gasteiger partial charge is 0.214 e. The molecule has 1 heterocycles. The lowest BCUT2D eigenvalue weighted by molar-refractivity contribution is 0.326. The Morgan fingerprint density at radius 2 is 2.40 bits per heavy atom. The topological polar surface area (TPSA) is 22.1 Å². The van der Waals surface area contributed by atoms with Gasteiger partial charge in [0.25, 0.3) is 0 Å². The summed E-state index contributed by atoms with van der Waals surface area (Å²) in [5.74, 6) is 0.703. The van der Waals surface area contributed by atoms with Crippen molar-refractivity contribution in [2.75, 3.05) is 6.61 Å². The molecule has 0 spiro atoms. The number of rotatable bonds is 2. The van der Waals surface area contributed by atoms with E-state index in [0.29, 0.717) is 12.5 Å². The highest BCUT2D eigenvalue weighted by Gasteiger charge is 1.91. The lowest BCUT2D eigenvalue weighted by Gasteiger charge is -1.99. The largest absolute Gasteiger partial charge is 0.478 e. The molecule has 0 aromatic carbocycles. The van der Waals surface area contributed by atoms with E-state index >= 15 is 0 Å². The zero-order chi connectivity index (χ0) is 7.40. The molecule has 0 saturated heterocycles. The summed E-state index contributed by atoms with van der Waals surface area (Å²) in [6.45, 7) is 2.62. The van der Waals surface area contributed by atoms with Crippen LogP contribution in [0.5, 0.6) is 5.88 Å². The molecule has 0 atom stereocenters. The van der Waals surface area contributed by atoms with Crippen LogP contribution in [0.3, 0.4) is 0 Å². The fourth-order valence-corrected chi connectivity index (χ4v) is 1.06. The molecule has 0 aliphatic rings. The maximum atomic E-state index is 5.17. The summed E-state index contributed by atoms with van der Waals surface area (Å²) >= 11 is 2.15. The van der Waals surface area contributed by atoms with Gasteiger partial charge in [0.05, 0.1) is 6.61 Å². The molecule has 0 fully saturated rings. The van der Waals surface area contributed by atoms with Gasteiger partial charge >= 0.3 is 0 Å². The minimum Gasteiger partial charge on any atom is -0.478 e. The molecule has 10 heavy (non-hydrogen) atoms. The van der Waals surface area contributed by atoms with Crippen LogP contribution in [0.15, 0.2) is 18.2 Å². The molecule has 2 nitrogen and oxygen atoms in total. The average molecular weight is 249 g/mol. The van der Waals surface area contributed by atoms with Crippen LogP contribution in [0.2, 0.25) is 0 Å². The molecule has 0 amide bonds. The predicted octanol–water partition coefficient (Wildman–Crippen LogP) is 2.08. The van der Waals surface area contributed by atoms with E-state index < -0.39 is 0 Å². The first-order valence-electron chi connectivity index (χ1n) is 3.08. The first-order valence-corrected chi connectivity index (χ1v) is 4.16. The summed E-state index contributed by atoms with van der Waals surface area (Å²) in [6.07, 6.45) is 0. The van der Waals surface area contributed by atoms with Crippen molar-refractivity contribution >= 4 is 22.6 Å². The molecular weight excluding hydrogens is 241 g/mol. The molecule has 1 rings (SSSR count). The zero-order valence-corrected chi connectivity index (χ0v) is 7.83. The Balaban J connectivity index is 2.75. The summed E-state index contributed by atoms with van der Waals surface area (Å²) < 4.78 is 6.13. The number of halogens is 1. The quantitative estimate of drug-likeness (QED) is 0.591. The van der Waals surface area contributed by atoms with Crippen LogP contribution in [0.1, 0.15) is 6.92 Å². The second-order valence-electron chi connectivity index (χ2n) is 1.73. The lowest BCUT2D eigenvalue weighted by Crippen LogP contribution is -1.94. The van der Waals surface area contributed by atoms with Crippen LogP contribution < -0.4 is 4.74 Å². The van der Waals surface area contributed by atoms with Crippen molar-refractivity contribution in [1.29, 1.82) is 0 Å². The normalized spacial score (nSPS) is 9.40. The first kappa shape index (κ1) is 7.78. The van der Waals surface area contributed by atoms with Gasteiger partial charge in [0.15, 0.2) is 0 Å². The Morgan fingerprint density at radius 1 is 1.60 bits per heavy atom. The Bertz CT molecular complexity index is 215. The third-order valence-electron chi connectivity index (χ3n) is 0.982. The Morgan fingerprint density at radius 3 is 3.00 bits per heavy atom. The summed E-state index contributed by atoms with van der Waals surface area (Å²) in [5.41, 5.74) is 0. The van der Waals surface area contributed by atoms with Gasteiger partial charge in [-0.15, -0.1) is 0 Å². The van der Waals surface area contributed by atoms with Gasteiger partial charge in [-0.25, -0.2) is 4.98 Å². The van der Waals surface area contributed by atoms with Crippen LogP contribution in [0, 0.1) is 3.70 Å². The van der Waals surface area contributed by atoms with E-state index in [0.717, 1.165) is 3.70 Å². The van der Waals surface area contributed by atoms with Crippen molar-refractivity contribution in [1.82, 2.24) is 4.98 Å². The second kappa shape index (κ2) is 3.75. The van der Waals surface area contributed by atoms with Crippen LogP contribution >= 0.6 is 22.6 Å². The van der Waals surface area contributed by atoms with Gasteiger partial charge in [-0.3, -0.25) is 0 Å². The van der Waals surface area contributed by atoms with Crippen LogP contribution in [-0.2, 0) is 0 Å². The van der Waals surface area contributed by atoms with Gasteiger partial charge in [-0.05, 0) is 35.6 Å². The van der Waals surface area contributed by atoms with E-state index in [2.05, 4.69) is 27.6 Å². The fourth-order valence-electron chi connectivity index (χ4n) is 0.618. The maximum Gasteiger partial charge on any atom is 0.214 e. The van der Waals surface area contributed by atoms with Gasteiger partial charge in [0, 0.05) is 6.07 Å². The first-order chi connectivity index (χ1) is 4.83. The van der Waals surface area contributed by atoms with E-state index in [4.69, 9.17) is 4.74 Å². The van der Waals surface area contributed by atoms with Crippen molar-refractivity contribution in [2.45, 2.75) is 6.92 Å². The van der Waals surface area contributed by atoms with E-state index in [9.17, 15) is 0 Å². The van der Waals surface area contributed by atoms with Crippen LogP contribution in [-0.4, -0.2) is 11.6 Å². The Hall–Kier alpha value is -0.320. The van der Waals surface area contributed by atoms with E-state index in [1.165, 1.54) is 0 Å². The molecule has 0 unspecified atom stereocenters. The molecule has 3 heteroatoms. The summed E-state index contributed by atoms with van der Waals surface area (Å²) in [7, 11) is 0. The molecule has 0 bridgehead atoms. The lowest BCUT2D eigenvalue weighted by atomic mass is 10.5. The standard InChI is InChI=1S/C7H8INO/c1-2-10-7-5-3-4-6(8)9-7/h3-5H,2H2,1H3. The summed E-state index contributed by atoms with van der Waals surface area (Å²) in [6, 6.07) is 5.72. The van der Waals surface area contributed by atoms with E-state index in [-0.39, 0.29) is 0 Å². The number of ether oxygens (including phenoxy) is 1. The molecule has 54 valence electrons. The second-order valence-corrected chi connectivity index (χ2v) is 2.84. The predicted molar refractivity (Wildman–Crippen MR) is 48.1 cm³/mol. The summed E-state index contributed by atoms with van der Waals surface area (Å²) in [5, 5.41) is 0. The van der Waals surface area contributed by atoms with Gasteiger partial charge < -0.3 is 4.74 Å². The molecule has 1 aromatic heterocycles. The number of hydrogen-bond acceptors (Lipinski definition) is 2. The van der Waals surface area contributed by atoms with Crippen LogP contribution in [0.25, 0.3) is 0 Å². The van der Waals surface area contributed by atoms with Crippen molar-refractivity contribution < 1.29 is 4.74 Å². The van der Waals surface area contributed by atoms with Crippen LogP contribution in [0.4, 0.5) is 0 Å². The van der Waals surface area contributed by atoms with Crippen molar-refractivity contribution in [3.8, 4) is 5.88 Å². The molecule has 0 radical (unpaired) electrons. The third kappa shape index (κ3) is 2.13. The Labute approximate surface area is 73.8 Å². The van der Waals surface area contributed by atoms with E-state index in [1.807, 2.05) is 25.1 Å². The average Bonchev–Trinajstić information content (AvgIpc) is 1.88. The van der Waals surface area contributed by atoms with Gasteiger partial charge in [0.2, 0.25) is 5.88 Å². The molecule has 0 aliphatic carbocycles. The van der Waals surface area contributed by atoms with Gasteiger partial charge in [-0.1, -0.05) is 6.07 Å². The van der Waals surface area contributed by atoms with Gasteiger partial charge in [-0.2, -0.15) is 0 Å². The number of pyridine rings is 1. The molecule has 0 N–H and O–H groups in total. The highest BCUT2D eigenvalue weighted by molar-refractivity contribution is 14.1. The molecular formula is C7H8INO.